The first-order valence-electron chi connectivity index (χ1n) is 4.51. The van der Waals surface area contributed by atoms with Gasteiger partial charge in [0.2, 0.25) is 0 Å². The summed E-state index contributed by atoms with van der Waals surface area (Å²) in [5, 5.41) is 0.801. The van der Waals surface area contributed by atoms with Gasteiger partial charge in [-0.3, -0.25) is 0 Å². The van der Waals surface area contributed by atoms with Gasteiger partial charge in [0, 0.05) is 5.02 Å². The van der Waals surface area contributed by atoms with Crippen molar-refractivity contribution in [2.24, 2.45) is 0 Å². The van der Waals surface area contributed by atoms with E-state index in [0.29, 0.717) is 0 Å². The predicted octanol–water partition coefficient (Wildman–Crippen LogP) is 5.34. The molecule has 13 heavy (non-hydrogen) atoms. The molecule has 0 radical (unpaired) electrons. The van der Waals surface area contributed by atoms with E-state index in [9.17, 15) is 0 Å². The van der Waals surface area contributed by atoms with E-state index >= 15 is 0 Å². The van der Waals surface area contributed by atoms with Gasteiger partial charge in [-0.15, -0.1) is 0 Å². The zero-order valence-corrected chi connectivity index (χ0v) is 9.44. The van der Waals surface area contributed by atoms with Gasteiger partial charge in [0.1, 0.15) is 0 Å². The maximum atomic E-state index is 5.61. The van der Waals surface area contributed by atoms with Crippen LogP contribution in [-0.4, -0.2) is 0 Å². The molecular weight excluding hydrogens is 180 g/mol. The second-order valence-corrected chi connectivity index (χ2v) is 2.23. The minimum Gasteiger partial charge on any atom is -0.0843 e. The Morgan fingerprint density at radius 3 is 1.38 bits per heavy atom. The molecule has 0 atom stereocenters. The molecule has 0 bridgehead atoms. The molecular formula is C12H23Cl. The van der Waals surface area contributed by atoms with E-state index in [1.54, 1.807) is 0 Å². The molecule has 0 nitrogen and oxygen atoms in total. The minimum atomic E-state index is 0. The average molecular weight is 203 g/mol. The fraction of sp³-hybridized carbons (Fsp3) is 0.500. The molecule has 0 aliphatic carbocycles. The Labute approximate surface area is 88.9 Å². The molecule has 78 valence electrons. The lowest BCUT2D eigenvalue weighted by molar-refractivity contribution is 1.48. The lowest BCUT2D eigenvalue weighted by Crippen LogP contribution is -1.66. The predicted molar refractivity (Wildman–Crippen MR) is 65.6 cm³/mol. The van der Waals surface area contributed by atoms with Crippen molar-refractivity contribution in [2.45, 2.75) is 42.0 Å². The van der Waals surface area contributed by atoms with E-state index in [-0.39, 0.29) is 7.43 Å². The average Bonchev–Trinajstić information content (AvgIpc) is 2.17. The van der Waals surface area contributed by atoms with Crippen LogP contribution in [0.5, 0.6) is 0 Å². The van der Waals surface area contributed by atoms with Crippen molar-refractivity contribution in [1.82, 2.24) is 0 Å². The largest absolute Gasteiger partial charge is 0.0843 e. The van der Waals surface area contributed by atoms with Gasteiger partial charge in [0.25, 0.3) is 0 Å². The quantitative estimate of drug-likeness (QED) is 0.533. The molecule has 0 aliphatic heterocycles. The number of aryl methyl sites for hydroxylation is 1. The van der Waals surface area contributed by atoms with Gasteiger partial charge in [-0.2, -0.15) is 0 Å². The highest BCUT2D eigenvalue weighted by atomic mass is 35.5. The molecule has 1 rings (SSSR count). The van der Waals surface area contributed by atoms with Crippen molar-refractivity contribution in [2.75, 3.05) is 0 Å². The Balaban J connectivity index is -0.000000178. The monoisotopic (exact) mass is 202 g/mol. The van der Waals surface area contributed by atoms with Crippen molar-refractivity contribution in [3.05, 3.63) is 34.9 Å². The molecule has 0 spiro atoms. The van der Waals surface area contributed by atoms with Gasteiger partial charge in [0.05, 0.1) is 0 Å². The third-order valence-electron chi connectivity index (χ3n) is 1.01. The van der Waals surface area contributed by atoms with Crippen LogP contribution in [0.25, 0.3) is 0 Å². The third kappa shape index (κ3) is 11.5. The Kier molecular flexibility index (Phi) is 19.8. The van der Waals surface area contributed by atoms with Crippen LogP contribution >= 0.6 is 11.6 Å². The van der Waals surface area contributed by atoms with Crippen LogP contribution in [0.15, 0.2) is 24.3 Å². The Morgan fingerprint density at radius 2 is 1.15 bits per heavy atom. The first-order valence-corrected chi connectivity index (χ1v) is 4.89. The second kappa shape index (κ2) is 14.1. The standard InChI is InChI=1S/C7H7Cl.2C2H6.CH4/c1-6-2-4-7(8)5-3-6;2*1-2;/h2-5H,1H3;2*1-2H3;1H4. The van der Waals surface area contributed by atoms with E-state index in [4.69, 9.17) is 11.6 Å². The molecule has 0 unspecified atom stereocenters. The molecule has 0 saturated carbocycles. The van der Waals surface area contributed by atoms with Gasteiger partial charge >= 0.3 is 0 Å². The highest BCUT2D eigenvalue weighted by Crippen LogP contribution is 2.07. The van der Waals surface area contributed by atoms with E-state index in [0.717, 1.165) is 5.02 Å². The van der Waals surface area contributed by atoms with E-state index in [1.807, 2.05) is 58.9 Å². The number of halogens is 1. The number of hydrogen-bond acceptors (Lipinski definition) is 0. The maximum Gasteiger partial charge on any atom is 0.0406 e. The molecule has 0 aliphatic rings. The first-order chi connectivity index (χ1) is 5.79. The molecule has 0 heterocycles. The summed E-state index contributed by atoms with van der Waals surface area (Å²) in [7, 11) is 0. The maximum absolute atomic E-state index is 5.61. The normalized spacial score (nSPS) is 6.62. The van der Waals surface area contributed by atoms with Crippen molar-refractivity contribution >= 4 is 11.6 Å². The summed E-state index contributed by atoms with van der Waals surface area (Å²) in [5.74, 6) is 0. The molecule has 0 fully saturated rings. The lowest BCUT2D eigenvalue weighted by Gasteiger charge is -1.88. The van der Waals surface area contributed by atoms with Gasteiger partial charge in [0.15, 0.2) is 0 Å². The van der Waals surface area contributed by atoms with Crippen LogP contribution < -0.4 is 0 Å². The van der Waals surface area contributed by atoms with Crippen LogP contribution in [0, 0.1) is 6.92 Å². The van der Waals surface area contributed by atoms with Crippen molar-refractivity contribution < 1.29 is 0 Å². The van der Waals surface area contributed by atoms with E-state index < -0.39 is 0 Å². The third-order valence-corrected chi connectivity index (χ3v) is 1.26. The fourth-order valence-electron chi connectivity index (χ4n) is 0.533. The number of rotatable bonds is 0. The number of hydrogen-bond donors (Lipinski definition) is 0. The smallest absolute Gasteiger partial charge is 0.0406 e. The van der Waals surface area contributed by atoms with Crippen LogP contribution in [-0.2, 0) is 0 Å². The van der Waals surface area contributed by atoms with Crippen LogP contribution in [0.2, 0.25) is 5.02 Å². The van der Waals surface area contributed by atoms with Gasteiger partial charge in [-0.1, -0.05) is 64.4 Å². The highest BCUT2D eigenvalue weighted by molar-refractivity contribution is 6.30. The summed E-state index contributed by atoms with van der Waals surface area (Å²) in [5.41, 5.74) is 1.24. The summed E-state index contributed by atoms with van der Waals surface area (Å²) >= 11 is 5.61. The van der Waals surface area contributed by atoms with E-state index in [1.165, 1.54) is 5.56 Å². The van der Waals surface area contributed by atoms with Gasteiger partial charge in [-0.05, 0) is 19.1 Å². The molecule has 1 aromatic rings. The van der Waals surface area contributed by atoms with Crippen LogP contribution in [0.3, 0.4) is 0 Å². The summed E-state index contributed by atoms with van der Waals surface area (Å²) in [6, 6.07) is 7.75. The fourth-order valence-corrected chi connectivity index (χ4v) is 0.659. The Hall–Kier alpha value is -0.490. The molecule has 0 aromatic heterocycles. The Bertz CT molecular complexity index is 144. The molecule has 0 saturated heterocycles. The van der Waals surface area contributed by atoms with Crippen LogP contribution in [0.1, 0.15) is 40.7 Å². The molecule has 1 aromatic carbocycles. The zero-order chi connectivity index (χ0) is 9.98. The topological polar surface area (TPSA) is 0 Å². The van der Waals surface area contributed by atoms with E-state index in [2.05, 4.69) is 0 Å². The van der Waals surface area contributed by atoms with Crippen molar-refractivity contribution in [1.29, 1.82) is 0 Å². The second-order valence-electron chi connectivity index (χ2n) is 1.80. The number of benzene rings is 1. The summed E-state index contributed by atoms with van der Waals surface area (Å²) in [6.07, 6.45) is 0. The molecule has 0 amide bonds. The zero-order valence-electron chi connectivity index (χ0n) is 8.69. The minimum absolute atomic E-state index is 0. The lowest BCUT2D eigenvalue weighted by atomic mass is 10.2. The van der Waals surface area contributed by atoms with Gasteiger partial charge in [-0.25, -0.2) is 0 Å². The summed E-state index contributed by atoms with van der Waals surface area (Å²) in [6.45, 7) is 10.0. The molecule has 0 N–H and O–H groups in total. The van der Waals surface area contributed by atoms with Crippen LogP contribution in [0.4, 0.5) is 0 Å². The SMILES string of the molecule is C.CC.CC.Cc1ccc(Cl)cc1. The van der Waals surface area contributed by atoms with Gasteiger partial charge < -0.3 is 0 Å². The highest BCUT2D eigenvalue weighted by Gasteiger charge is 1.81. The van der Waals surface area contributed by atoms with Crippen molar-refractivity contribution in [3.63, 3.8) is 0 Å². The van der Waals surface area contributed by atoms with Crippen molar-refractivity contribution in [3.8, 4) is 0 Å². The molecule has 1 heteroatoms. The summed E-state index contributed by atoms with van der Waals surface area (Å²) < 4.78 is 0. The first kappa shape index (κ1) is 18.3. The summed E-state index contributed by atoms with van der Waals surface area (Å²) in [4.78, 5) is 0. The Morgan fingerprint density at radius 1 is 0.846 bits per heavy atom.